The minimum Gasteiger partial charge on any atom is -0.316 e. The zero-order valence-corrected chi connectivity index (χ0v) is 13.3. The van der Waals surface area contributed by atoms with Crippen LogP contribution in [-0.2, 0) is 0 Å². The topological polar surface area (TPSA) is 15.3 Å². The van der Waals surface area contributed by atoms with Crippen molar-refractivity contribution >= 4 is 0 Å². The van der Waals surface area contributed by atoms with Gasteiger partial charge in [0.25, 0.3) is 0 Å². The summed E-state index contributed by atoms with van der Waals surface area (Å²) in [5.41, 5.74) is 3.53. The second-order valence-corrected chi connectivity index (χ2v) is 7.45. The number of fused-ring (bicyclic) bond motifs is 2. The minimum atomic E-state index is 0.541. The van der Waals surface area contributed by atoms with E-state index in [0.29, 0.717) is 11.3 Å². The number of hydrogen-bond acceptors (Lipinski definition) is 2. The predicted octanol–water partition coefficient (Wildman–Crippen LogP) is 3.32. The molecule has 3 heterocycles. The first-order chi connectivity index (χ1) is 10.3. The van der Waals surface area contributed by atoms with Gasteiger partial charge in [0.05, 0.1) is 0 Å². The SMILES string of the molecule is Cc1cccc(C2CNCCC23CCN2CCCCC23)c1. The van der Waals surface area contributed by atoms with Gasteiger partial charge in [0.15, 0.2) is 0 Å². The highest BCUT2D eigenvalue weighted by atomic mass is 15.2. The van der Waals surface area contributed by atoms with Crippen molar-refractivity contribution in [1.82, 2.24) is 10.2 Å². The molecule has 1 N–H and O–H groups in total. The Bertz CT molecular complexity index is 512. The second-order valence-electron chi connectivity index (χ2n) is 7.45. The molecule has 3 atom stereocenters. The van der Waals surface area contributed by atoms with Crippen molar-refractivity contribution < 1.29 is 0 Å². The molecule has 114 valence electrons. The van der Waals surface area contributed by atoms with Crippen LogP contribution in [-0.4, -0.2) is 37.1 Å². The summed E-state index contributed by atoms with van der Waals surface area (Å²) in [4.78, 5) is 2.82. The van der Waals surface area contributed by atoms with Gasteiger partial charge in [-0.05, 0) is 63.2 Å². The molecule has 0 radical (unpaired) electrons. The largest absolute Gasteiger partial charge is 0.316 e. The van der Waals surface area contributed by atoms with Gasteiger partial charge in [-0.15, -0.1) is 0 Å². The Morgan fingerprint density at radius 2 is 2.14 bits per heavy atom. The maximum Gasteiger partial charge on any atom is 0.0159 e. The van der Waals surface area contributed by atoms with Crippen LogP contribution in [0.2, 0.25) is 0 Å². The fraction of sp³-hybridized carbons (Fsp3) is 0.684. The first-order valence-corrected chi connectivity index (χ1v) is 8.81. The lowest BCUT2D eigenvalue weighted by molar-refractivity contribution is 0.0663. The minimum absolute atomic E-state index is 0.541. The van der Waals surface area contributed by atoms with Gasteiger partial charge >= 0.3 is 0 Å². The molecule has 0 amide bonds. The quantitative estimate of drug-likeness (QED) is 0.851. The maximum atomic E-state index is 3.68. The fourth-order valence-corrected chi connectivity index (χ4v) is 5.41. The molecule has 3 aliphatic rings. The molecular weight excluding hydrogens is 256 g/mol. The molecule has 0 aliphatic carbocycles. The van der Waals surface area contributed by atoms with E-state index in [9.17, 15) is 0 Å². The van der Waals surface area contributed by atoms with Crippen LogP contribution in [0, 0.1) is 12.3 Å². The van der Waals surface area contributed by atoms with E-state index < -0.39 is 0 Å². The number of nitrogens with one attached hydrogen (secondary N) is 1. The zero-order chi connectivity index (χ0) is 14.3. The monoisotopic (exact) mass is 284 g/mol. The first kappa shape index (κ1) is 13.8. The van der Waals surface area contributed by atoms with Gasteiger partial charge in [-0.3, -0.25) is 4.90 Å². The van der Waals surface area contributed by atoms with E-state index in [0.717, 1.165) is 6.04 Å². The van der Waals surface area contributed by atoms with Crippen LogP contribution < -0.4 is 5.32 Å². The molecule has 3 fully saturated rings. The lowest BCUT2D eigenvalue weighted by Gasteiger charge is -2.49. The van der Waals surface area contributed by atoms with E-state index in [2.05, 4.69) is 41.4 Å². The van der Waals surface area contributed by atoms with E-state index in [1.807, 2.05) is 0 Å². The number of rotatable bonds is 1. The van der Waals surface area contributed by atoms with Gasteiger partial charge < -0.3 is 5.32 Å². The van der Waals surface area contributed by atoms with E-state index in [1.54, 1.807) is 5.56 Å². The molecule has 1 spiro atoms. The number of piperidine rings is 2. The molecule has 1 aromatic carbocycles. The van der Waals surface area contributed by atoms with Crippen molar-refractivity contribution in [2.24, 2.45) is 5.41 Å². The standard InChI is InChI=1S/C19H28N2/c1-15-5-4-6-16(13-15)17-14-20-10-8-19(17)9-12-21-11-3-2-7-18(19)21/h4-6,13,17-18,20H,2-3,7-12,14H2,1H3. The second kappa shape index (κ2) is 5.40. The predicted molar refractivity (Wildman–Crippen MR) is 87.7 cm³/mol. The summed E-state index contributed by atoms with van der Waals surface area (Å²) in [6.07, 6.45) is 7.07. The van der Waals surface area contributed by atoms with Crippen molar-refractivity contribution in [2.45, 2.75) is 51.0 Å². The highest BCUT2D eigenvalue weighted by Gasteiger charge is 2.53. The highest BCUT2D eigenvalue weighted by Crippen LogP contribution is 2.53. The maximum absolute atomic E-state index is 3.68. The van der Waals surface area contributed by atoms with E-state index >= 15 is 0 Å². The Morgan fingerprint density at radius 3 is 3.05 bits per heavy atom. The summed E-state index contributed by atoms with van der Waals surface area (Å²) in [5.74, 6) is 0.708. The number of hydrogen-bond donors (Lipinski definition) is 1. The average molecular weight is 284 g/mol. The van der Waals surface area contributed by atoms with Crippen molar-refractivity contribution in [3.63, 3.8) is 0 Å². The summed E-state index contributed by atoms with van der Waals surface area (Å²) in [7, 11) is 0. The van der Waals surface area contributed by atoms with Gasteiger partial charge in [-0.2, -0.15) is 0 Å². The molecule has 1 aromatic rings. The molecule has 4 rings (SSSR count). The van der Waals surface area contributed by atoms with Gasteiger partial charge in [-0.25, -0.2) is 0 Å². The first-order valence-electron chi connectivity index (χ1n) is 8.81. The molecule has 3 saturated heterocycles. The van der Waals surface area contributed by atoms with Gasteiger partial charge in [-0.1, -0.05) is 36.2 Å². The van der Waals surface area contributed by atoms with Crippen LogP contribution in [0.15, 0.2) is 24.3 Å². The highest BCUT2D eigenvalue weighted by molar-refractivity contribution is 5.30. The smallest absolute Gasteiger partial charge is 0.0159 e. The van der Waals surface area contributed by atoms with Crippen LogP contribution in [0.1, 0.15) is 49.1 Å². The molecule has 0 aromatic heterocycles. The third-order valence-corrected chi connectivity index (χ3v) is 6.40. The number of benzene rings is 1. The summed E-state index contributed by atoms with van der Waals surface area (Å²) in [6, 6.07) is 10.1. The summed E-state index contributed by atoms with van der Waals surface area (Å²) < 4.78 is 0. The lowest BCUT2D eigenvalue weighted by atomic mass is 9.62. The molecule has 0 bridgehead atoms. The Kier molecular flexibility index (Phi) is 3.55. The Balaban J connectivity index is 1.71. The van der Waals surface area contributed by atoms with Gasteiger partial charge in [0.2, 0.25) is 0 Å². The normalized spacial score (nSPS) is 36.8. The molecule has 21 heavy (non-hydrogen) atoms. The Morgan fingerprint density at radius 1 is 1.19 bits per heavy atom. The Hall–Kier alpha value is -0.860. The molecule has 2 nitrogen and oxygen atoms in total. The van der Waals surface area contributed by atoms with Crippen molar-refractivity contribution in [3.05, 3.63) is 35.4 Å². The molecule has 3 unspecified atom stereocenters. The van der Waals surface area contributed by atoms with Crippen molar-refractivity contribution in [3.8, 4) is 0 Å². The average Bonchev–Trinajstić information content (AvgIpc) is 2.88. The number of nitrogens with zero attached hydrogens (tertiary/aromatic N) is 1. The van der Waals surface area contributed by atoms with Crippen molar-refractivity contribution in [2.75, 3.05) is 26.2 Å². The number of aryl methyl sites for hydroxylation is 1. The summed E-state index contributed by atoms with van der Waals surface area (Å²) in [6.45, 7) is 7.31. The zero-order valence-electron chi connectivity index (χ0n) is 13.3. The fourth-order valence-electron chi connectivity index (χ4n) is 5.41. The Labute approximate surface area is 128 Å². The van der Waals surface area contributed by atoms with Crippen LogP contribution in [0.4, 0.5) is 0 Å². The van der Waals surface area contributed by atoms with Crippen LogP contribution in [0.25, 0.3) is 0 Å². The molecule has 2 heteroatoms. The van der Waals surface area contributed by atoms with E-state index in [4.69, 9.17) is 0 Å². The van der Waals surface area contributed by atoms with Crippen LogP contribution >= 0.6 is 0 Å². The van der Waals surface area contributed by atoms with E-state index in [1.165, 1.54) is 63.8 Å². The van der Waals surface area contributed by atoms with Gasteiger partial charge in [0, 0.05) is 18.5 Å². The molecule has 0 saturated carbocycles. The summed E-state index contributed by atoms with van der Waals surface area (Å²) >= 11 is 0. The van der Waals surface area contributed by atoms with Crippen LogP contribution in [0.3, 0.4) is 0 Å². The van der Waals surface area contributed by atoms with Gasteiger partial charge in [0.1, 0.15) is 0 Å². The van der Waals surface area contributed by atoms with E-state index in [-0.39, 0.29) is 0 Å². The van der Waals surface area contributed by atoms with Crippen molar-refractivity contribution in [1.29, 1.82) is 0 Å². The molecule has 3 aliphatic heterocycles. The molecular formula is C19H28N2. The third kappa shape index (κ3) is 2.24. The van der Waals surface area contributed by atoms with Crippen LogP contribution in [0.5, 0.6) is 0 Å². The third-order valence-electron chi connectivity index (χ3n) is 6.40. The lowest BCUT2D eigenvalue weighted by Crippen LogP contribution is -2.52. The summed E-state index contributed by atoms with van der Waals surface area (Å²) in [5, 5.41) is 3.68.